The smallest absolute Gasteiger partial charge is 0.255 e. The van der Waals surface area contributed by atoms with Gasteiger partial charge in [0, 0.05) is 15.7 Å². The Morgan fingerprint density at radius 2 is 1.86 bits per heavy atom. The van der Waals surface area contributed by atoms with Crippen molar-refractivity contribution in [1.29, 1.82) is 0 Å². The summed E-state index contributed by atoms with van der Waals surface area (Å²) in [5, 5.41) is 2.82. The number of nitrogens with zero attached hydrogens (tertiary/aromatic N) is 1. The number of halogens is 1. The molecule has 1 heterocycles. The molecule has 0 aromatic heterocycles. The molecule has 1 aliphatic carbocycles. The molecule has 0 spiro atoms. The molecule has 2 aromatic rings. The first-order chi connectivity index (χ1) is 13.5. The molecule has 28 heavy (non-hydrogen) atoms. The number of carbonyl (C=O) groups is 3. The molecule has 3 atom stereocenters. The third-order valence-electron chi connectivity index (χ3n) is 5.34. The maximum absolute atomic E-state index is 12.9. The van der Waals surface area contributed by atoms with Crippen LogP contribution in [0.5, 0.6) is 0 Å². The topological polar surface area (TPSA) is 66.5 Å². The first kappa shape index (κ1) is 18.6. The second-order valence-corrected chi connectivity index (χ2v) is 8.09. The van der Waals surface area contributed by atoms with Gasteiger partial charge in [-0.25, -0.2) is 0 Å². The predicted molar refractivity (Wildman–Crippen MR) is 111 cm³/mol. The number of imide groups is 1. The van der Waals surface area contributed by atoms with Gasteiger partial charge in [-0.2, -0.15) is 0 Å². The van der Waals surface area contributed by atoms with E-state index in [0.717, 1.165) is 4.47 Å². The summed E-state index contributed by atoms with van der Waals surface area (Å²) in [5.74, 6) is -1.26. The highest BCUT2D eigenvalue weighted by Gasteiger charge is 2.50. The quantitative estimate of drug-likeness (QED) is 0.570. The fourth-order valence-electron chi connectivity index (χ4n) is 3.92. The van der Waals surface area contributed by atoms with E-state index in [1.807, 2.05) is 31.2 Å². The predicted octanol–water partition coefficient (Wildman–Crippen LogP) is 4.40. The first-order valence-corrected chi connectivity index (χ1v) is 9.96. The first-order valence-electron chi connectivity index (χ1n) is 9.17. The van der Waals surface area contributed by atoms with Crippen LogP contribution in [0.4, 0.5) is 11.4 Å². The number of hydrogen-bond acceptors (Lipinski definition) is 3. The molecule has 2 aliphatic rings. The lowest BCUT2D eigenvalue weighted by molar-refractivity contribution is -0.122. The Balaban J connectivity index is 1.58. The zero-order chi connectivity index (χ0) is 19.8. The van der Waals surface area contributed by atoms with Crippen molar-refractivity contribution in [2.24, 2.45) is 17.8 Å². The van der Waals surface area contributed by atoms with Crippen LogP contribution >= 0.6 is 15.9 Å². The van der Waals surface area contributed by atoms with Gasteiger partial charge in [0.15, 0.2) is 0 Å². The summed E-state index contributed by atoms with van der Waals surface area (Å²) >= 11 is 3.36. The fourth-order valence-corrected chi connectivity index (χ4v) is 4.19. The van der Waals surface area contributed by atoms with Crippen LogP contribution in [0.2, 0.25) is 0 Å². The minimum Gasteiger partial charge on any atom is -0.322 e. The Morgan fingerprint density at radius 3 is 2.57 bits per heavy atom. The summed E-state index contributed by atoms with van der Waals surface area (Å²) in [6.07, 6.45) is 4.56. The summed E-state index contributed by atoms with van der Waals surface area (Å²) < 4.78 is 0.920. The van der Waals surface area contributed by atoms with E-state index < -0.39 is 0 Å². The number of fused-ring (bicyclic) bond motifs is 1. The molecular formula is C22H19BrN2O3. The molecule has 1 N–H and O–H groups in total. The van der Waals surface area contributed by atoms with E-state index >= 15 is 0 Å². The van der Waals surface area contributed by atoms with Crippen LogP contribution in [0.15, 0.2) is 65.2 Å². The van der Waals surface area contributed by atoms with Gasteiger partial charge in [-0.15, -0.1) is 0 Å². The van der Waals surface area contributed by atoms with Gasteiger partial charge >= 0.3 is 0 Å². The molecule has 0 unspecified atom stereocenters. The van der Waals surface area contributed by atoms with Crippen molar-refractivity contribution < 1.29 is 14.4 Å². The van der Waals surface area contributed by atoms with Gasteiger partial charge in [-0.1, -0.05) is 41.1 Å². The molecule has 6 heteroatoms. The average molecular weight is 439 g/mol. The van der Waals surface area contributed by atoms with E-state index in [-0.39, 0.29) is 35.5 Å². The number of anilines is 2. The van der Waals surface area contributed by atoms with Crippen molar-refractivity contribution in [2.45, 2.75) is 13.3 Å². The van der Waals surface area contributed by atoms with Crippen LogP contribution in [-0.2, 0) is 9.59 Å². The van der Waals surface area contributed by atoms with Gasteiger partial charge < -0.3 is 5.32 Å². The Morgan fingerprint density at radius 1 is 1.11 bits per heavy atom. The fraction of sp³-hybridized carbons (Fsp3) is 0.227. The summed E-state index contributed by atoms with van der Waals surface area (Å²) in [5.41, 5.74) is 1.50. The second kappa shape index (κ2) is 7.36. The van der Waals surface area contributed by atoms with Gasteiger partial charge in [0.1, 0.15) is 0 Å². The second-order valence-electron chi connectivity index (χ2n) is 7.18. The molecule has 0 saturated carbocycles. The highest BCUT2D eigenvalue weighted by molar-refractivity contribution is 9.10. The van der Waals surface area contributed by atoms with Crippen LogP contribution in [0.3, 0.4) is 0 Å². The van der Waals surface area contributed by atoms with E-state index in [1.165, 1.54) is 4.90 Å². The van der Waals surface area contributed by atoms with Crippen LogP contribution in [-0.4, -0.2) is 17.7 Å². The third-order valence-corrected chi connectivity index (χ3v) is 5.87. The Labute approximate surface area is 171 Å². The molecule has 4 rings (SSSR count). The lowest BCUT2D eigenvalue weighted by atomic mass is 9.78. The maximum Gasteiger partial charge on any atom is 0.255 e. The van der Waals surface area contributed by atoms with Crippen molar-refractivity contribution >= 4 is 45.0 Å². The molecule has 5 nitrogen and oxygen atoms in total. The number of nitrogens with one attached hydrogen (secondary N) is 1. The Hall–Kier alpha value is -2.73. The lowest BCUT2D eigenvalue weighted by Gasteiger charge is -2.22. The van der Waals surface area contributed by atoms with Crippen LogP contribution in [0.25, 0.3) is 0 Å². The molecule has 1 aliphatic heterocycles. The van der Waals surface area contributed by atoms with Crippen molar-refractivity contribution in [3.8, 4) is 0 Å². The highest BCUT2D eigenvalue weighted by Crippen LogP contribution is 2.40. The van der Waals surface area contributed by atoms with Gasteiger partial charge in [0.05, 0.1) is 17.5 Å². The molecule has 3 amide bonds. The van der Waals surface area contributed by atoms with Gasteiger partial charge in [-0.05, 0) is 54.8 Å². The normalized spacial score (nSPS) is 23.6. The molecule has 1 fully saturated rings. The van der Waals surface area contributed by atoms with Crippen molar-refractivity contribution in [3.63, 3.8) is 0 Å². The number of allylic oxidation sites excluding steroid dienone is 2. The molecule has 0 radical (unpaired) electrons. The molecule has 2 aromatic carbocycles. The average Bonchev–Trinajstić information content (AvgIpc) is 2.95. The minimum atomic E-state index is -0.322. The molecular weight excluding hydrogens is 420 g/mol. The third kappa shape index (κ3) is 3.29. The highest BCUT2D eigenvalue weighted by atomic mass is 79.9. The number of amides is 3. The Kier molecular flexibility index (Phi) is 4.89. The van der Waals surface area contributed by atoms with Gasteiger partial charge in [0.2, 0.25) is 11.8 Å². The molecule has 1 saturated heterocycles. The van der Waals surface area contributed by atoms with E-state index in [2.05, 4.69) is 21.2 Å². The number of hydrogen-bond donors (Lipinski definition) is 1. The van der Waals surface area contributed by atoms with Crippen LogP contribution in [0, 0.1) is 17.8 Å². The van der Waals surface area contributed by atoms with Crippen molar-refractivity contribution in [1.82, 2.24) is 0 Å². The summed E-state index contributed by atoms with van der Waals surface area (Å²) in [6, 6.07) is 13.9. The van der Waals surface area contributed by atoms with Crippen molar-refractivity contribution in [2.75, 3.05) is 10.2 Å². The summed E-state index contributed by atoms with van der Waals surface area (Å²) in [6.45, 7) is 1.96. The minimum absolute atomic E-state index is 0.0316. The molecule has 142 valence electrons. The zero-order valence-corrected chi connectivity index (χ0v) is 16.8. The largest absolute Gasteiger partial charge is 0.322 e. The monoisotopic (exact) mass is 438 g/mol. The van der Waals surface area contributed by atoms with Crippen molar-refractivity contribution in [3.05, 3.63) is 70.7 Å². The van der Waals surface area contributed by atoms with E-state index in [9.17, 15) is 14.4 Å². The van der Waals surface area contributed by atoms with Gasteiger partial charge in [-0.3, -0.25) is 19.3 Å². The van der Waals surface area contributed by atoms with E-state index in [4.69, 9.17) is 0 Å². The number of rotatable bonds is 3. The van der Waals surface area contributed by atoms with Crippen LogP contribution < -0.4 is 10.2 Å². The Bertz CT molecular complexity index is 984. The van der Waals surface area contributed by atoms with Crippen LogP contribution in [0.1, 0.15) is 23.7 Å². The van der Waals surface area contributed by atoms with E-state index in [1.54, 1.807) is 36.4 Å². The summed E-state index contributed by atoms with van der Waals surface area (Å²) in [7, 11) is 0. The number of carbonyl (C=O) groups excluding carboxylic acids is 3. The van der Waals surface area contributed by atoms with Gasteiger partial charge in [0.25, 0.3) is 5.91 Å². The summed E-state index contributed by atoms with van der Waals surface area (Å²) in [4.78, 5) is 39.7. The maximum atomic E-state index is 12.9. The SMILES string of the molecule is C[C@@H]1C=CC[C@H]2C(=O)N(c3cccc(C(=O)Nc4ccc(Br)cc4)c3)C(=O)[C@H]12. The molecule has 0 bridgehead atoms. The van der Waals surface area contributed by atoms with E-state index in [0.29, 0.717) is 23.4 Å². The standard InChI is InChI=1S/C22H19BrN2O3/c1-13-4-2-7-18-19(13)22(28)25(21(18)27)17-6-3-5-14(12-17)20(26)24-16-10-8-15(23)9-11-16/h2-6,8-13,18-19H,7H2,1H3,(H,24,26)/t13-,18-,19-/m1/s1. The zero-order valence-electron chi connectivity index (χ0n) is 15.3. The lowest BCUT2D eigenvalue weighted by Crippen LogP contribution is -2.31. The number of benzene rings is 2.